The number of carbonyl (C=O) groups is 1. The summed E-state index contributed by atoms with van der Waals surface area (Å²) in [4.78, 5) is 13.9. The first kappa shape index (κ1) is 15.1. The Kier molecular flexibility index (Phi) is 4.89. The van der Waals surface area contributed by atoms with E-state index < -0.39 is 5.91 Å². The Hall–Kier alpha value is -1.26. The lowest BCUT2D eigenvalue weighted by molar-refractivity contribution is 0.100. The standard InChI is InChI=1S/C15H22ClN3O/c1-2-19(12-7-3-5-10(12)9-17)13-8-4-6-11(16)14(13)15(18)20/h4,6,8,10,12H,2-3,5,7,9,17H2,1H3,(H2,18,20). The maximum absolute atomic E-state index is 11.7. The summed E-state index contributed by atoms with van der Waals surface area (Å²) in [5.74, 6) is -0.0130. The number of rotatable bonds is 5. The first-order chi connectivity index (χ1) is 9.60. The second-order valence-corrected chi connectivity index (χ2v) is 5.69. The molecule has 1 saturated carbocycles. The molecule has 1 aromatic carbocycles. The van der Waals surface area contributed by atoms with Crippen LogP contribution in [0, 0.1) is 5.92 Å². The number of primary amides is 1. The van der Waals surface area contributed by atoms with Crippen molar-refractivity contribution in [2.75, 3.05) is 18.0 Å². The van der Waals surface area contributed by atoms with Crippen molar-refractivity contribution in [1.29, 1.82) is 0 Å². The molecule has 2 rings (SSSR count). The molecule has 1 amide bonds. The van der Waals surface area contributed by atoms with E-state index in [1.54, 1.807) is 6.07 Å². The van der Waals surface area contributed by atoms with Crippen molar-refractivity contribution in [2.45, 2.75) is 32.2 Å². The van der Waals surface area contributed by atoms with Crippen LogP contribution in [-0.2, 0) is 0 Å². The summed E-state index contributed by atoms with van der Waals surface area (Å²) < 4.78 is 0. The Bertz CT molecular complexity index is 492. The molecule has 1 aromatic rings. The molecule has 5 heteroatoms. The van der Waals surface area contributed by atoms with Crippen LogP contribution in [0.25, 0.3) is 0 Å². The van der Waals surface area contributed by atoms with Crippen LogP contribution in [0.5, 0.6) is 0 Å². The molecule has 4 nitrogen and oxygen atoms in total. The molecule has 0 spiro atoms. The van der Waals surface area contributed by atoms with Gasteiger partial charge in [0.1, 0.15) is 0 Å². The number of carbonyl (C=O) groups excluding carboxylic acids is 1. The number of hydrogen-bond donors (Lipinski definition) is 2. The highest BCUT2D eigenvalue weighted by Crippen LogP contribution is 2.35. The third-order valence-electron chi connectivity index (χ3n) is 4.21. The number of nitrogens with two attached hydrogens (primary N) is 2. The largest absolute Gasteiger partial charge is 0.368 e. The second-order valence-electron chi connectivity index (χ2n) is 5.28. The molecule has 2 atom stereocenters. The van der Waals surface area contributed by atoms with Gasteiger partial charge in [-0.1, -0.05) is 24.1 Å². The van der Waals surface area contributed by atoms with Gasteiger partial charge in [-0.25, -0.2) is 0 Å². The Morgan fingerprint density at radius 3 is 2.80 bits per heavy atom. The van der Waals surface area contributed by atoms with E-state index in [-0.39, 0.29) is 0 Å². The number of halogens is 1. The van der Waals surface area contributed by atoms with Gasteiger partial charge in [0.2, 0.25) is 0 Å². The topological polar surface area (TPSA) is 72.3 Å². The highest BCUT2D eigenvalue weighted by Gasteiger charge is 2.32. The molecule has 0 radical (unpaired) electrons. The molecule has 110 valence electrons. The summed E-state index contributed by atoms with van der Waals surface area (Å²) in [5.41, 5.74) is 12.6. The van der Waals surface area contributed by atoms with E-state index in [4.69, 9.17) is 23.1 Å². The highest BCUT2D eigenvalue weighted by atomic mass is 35.5. The number of benzene rings is 1. The summed E-state index contributed by atoms with van der Waals surface area (Å²) in [7, 11) is 0. The number of nitrogens with zero attached hydrogens (tertiary/aromatic N) is 1. The summed E-state index contributed by atoms with van der Waals surface area (Å²) in [5, 5.41) is 0.413. The molecule has 1 aliphatic rings. The van der Waals surface area contributed by atoms with E-state index in [1.807, 2.05) is 12.1 Å². The van der Waals surface area contributed by atoms with Crippen LogP contribution in [0.1, 0.15) is 36.5 Å². The van der Waals surface area contributed by atoms with Crippen molar-refractivity contribution < 1.29 is 4.79 Å². The first-order valence-electron chi connectivity index (χ1n) is 7.15. The zero-order chi connectivity index (χ0) is 14.7. The van der Waals surface area contributed by atoms with Crippen LogP contribution in [0.15, 0.2) is 18.2 Å². The van der Waals surface area contributed by atoms with Gasteiger partial charge in [-0.05, 0) is 44.4 Å². The van der Waals surface area contributed by atoms with Gasteiger partial charge in [-0.2, -0.15) is 0 Å². The predicted molar refractivity (Wildman–Crippen MR) is 83.2 cm³/mol. The predicted octanol–water partition coefficient (Wildman–Crippen LogP) is 2.39. The summed E-state index contributed by atoms with van der Waals surface area (Å²) >= 11 is 6.15. The van der Waals surface area contributed by atoms with Gasteiger partial charge in [0, 0.05) is 12.6 Å². The molecule has 0 heterocycles. The maximum Gasteiger partial charge on any atom is 0.252 e. The molecule has 2 unspecified atom stereocenters. The van der Waals surface area contributed by atoms with E-state index in [9.17, 15) is 4.79 Å². The minimum absolute atomic E-state index is 0.363. The first-order valence-corrected chi connectivity index (χ1v) is 7.53. The van der Waals surface area contributed by atoms with Gasteiger partial charge in [0.15, 0.2) is 0 Å². The zero-order valence-electron chi connectivity index (χ0n) is 11.8. The summed E-state index contributed by atoms with van der Waals surface area (Å²) in [6.07, 6.45) is 3.42. The fraction of sp³-hybridized carbons (Fsp3) is 0.533. The molecule has 0 aromatic heterocycles. The molecule has 4 N–H and O–H groups in total. The maximum atomic E-state index is 11.7. The Morgan fingerprint density at radius 2 is 2.20 bits per heavy atom. The summed E-state index contributed by atoms with van der Waals surface area (Å²) in [6.45, 7) is 3.56. The molecule has 0 aliphatic heterocycles. The Balaban J connectivity index is 2.42. The smallest absolute Gasteiger partial charge is 0.252 e. The van der Waals surface area contributed by atoms with Crippen LogP contribution in [0.4, 0.5) is 5.69 Å². The quantitative estimate of drug-likeness (QED) is 0.876. The average Bonchev–Trinajstić information content (AvgIpc) is 2.87. The fourth-order valence-corrected chi connectivity index (χ4v) is 3.54. The average molecular weight is 296 g/mol. The van der Waals surface area contributed by atoms with Crippen molar-refractivity contribution in [3.05, 3.63) is 28.8 Å². The minimum atomic E-state index is -0.480. The SMILES string of the molecule is CCN(c1cccc(Cl)c1C(N)=O)C1CCCC1CN. The van der Waals surface area contributed by atoms with Crippen LogP contribution in [0.2, 0.25) is 5.02 Å². The lowest BCUT2D eigenvalue weighted by atomic mass is 10.00. The third-order valence-corrected chi connectivity index (χ3v) is 4.53. The number of amides is 1. The van der Waals surface area contributed by atoms with E-state index in [0.29, 0.717) is 29.1 Å². The molecule has 1 fully saturated rings. The number of hydrogen-bond acceptors (Lipinski definition) is 3. The molecular formula is C15H22ClN3O. The van der Waals surface area contributed by atoms with Crippen LogP contribution >= 0.6 is 11.6 Å². The summed E-state index contributed by atoms with van der Waals surface area (Å²) in [6, 6.07) is 5.84. The van der Waals surface area contributed by atoms with E-state index in [2.05, 4.69) is 11.8 Å². The molecular weight excluding hydrogens is 274 g/mol. The van der Waals surface area contributed by atoms with Crippen LogP contribution in [-0.4, -0.2) is 25.0 Å². The van der Waals surface area contributed by atoms with Gasteiger partial charge in [0.05, 0.1) is 16.3 Å². The van der Waals surface area contributed by atoms with E-state index in [1.165, 1.54) is 6.42 Å². The molecule has 0 saturated heterocycles. The van der Waals surface area contributed by atoms with Crippen molar-refractivity contribution in [3.63, 3.8) is 0 Å². The highest BCUT2D eigenvalue weighted by molar-refractivity contribution is 6.34. The van der Waals surface area contributed by atoms with Crippen LogP contribution in [0.3, 0.4) is 0 Å². The zero-order valence-corrected chi connectivity index (χ0v) is 12.6. The molecule has 1 aliphatic carbocycles. The monoisotopic (exact) mass is 295 g/mol. The molecule has 20 heavy (non-hydrogen) atoms. The number of anilines is 1. The van der Waals surface area contributed by atoms with Gasteiger partial charge >= 0.3 is 0 Å². The van der Waals surface area contributed by atoms with Gasteiger partial charge < -0.3 is 16.4 Å². The minimum Gasteiger partial charge on any atom is -0.368 e. The van der Waals surface area contributed by atoms with Gasteiger partial charge in [-0.15, -0.1) is 0 Å². The van der Waals surface area contributed by atoms with Crippen LogP contribution < -0.4 is 16.4 Å². The Labute approximate surface area is 125 Å². The van der Waals surface area contributed by atoms with Crippen molar-refractivity contribution in [1.82, 2.24) is 0 Å². The van der Waals surface area contributed by atoms with E-state index >= 15 is 0 Å². The van der Waals surface area contributed by atoms with Crippen molar-refractivity contribution in [3.8, 4) is 0 Å². The lowest BCUT2D eigenvalue weighted by Gasteiger charge is -2.35. The second kappa shape index (κ2) is 6.46. The lowest BCUT2D eigenvalue weighted by Crippen LogP contribution is -2.41. The van der Waals surface area contributed by atoms with Crippen molar-refractivity contribution >= 4 is 23.2 Å². The van der Waals surface area contributed by atoms with Crippen molar-refractivity contribution in [2.24, 2.45) is 17.4 Å². The normalized spacial score (nSPS) is 21.9. The van der Waals surface area contributed by atoms with Gasteiger partial charge in [0.25, 0.3) is 5.91 Å². The molecule has 0 bridgehead atoms. The Morgan fingerprint density at radius 1 is 1.45 bits per heavy atom. The van der Waals surface area contributed by atoms with Gasteiger partial charge in [-0.3, -0.25) is 4.79 Å². The van der Waals surface area contributed by atoms with E-state index in [0.717, 1.165) is 25.1 Å². The fourth-order valence-electron chi connectivity index (χ4n) is 3.28. The third kappa shape index (κ3) is 2.76.